The maximum absolute atomic E-state index is 12.0. The van der Waals surface area contributed by atoms with Crippen LogP contribution in [0.25, 0.3) is 0 Å². The van der Waals surface area contributed by atoms with Gasteiger partial charge in [-0.15, -0.1) is 0 Å². The number of benzene rings is 2. The van der Waals surface area contributed by atoms with Crippen LogP contribution in [-0.4, -0.2) is 16.5 Å². The molecule has 7 nitrogen and oxygen atoms in total. The number of carbonyl (C=O) groups is 1. The highest BCUT2D eigenvalue weighted by Crippen LogP contribution is 2.13. The van der Waals surface area contributed by atoms with Crippen molar-refractivity contribution in [1.29, 1.82) is 0 Å². The molecule has 2 rings (SSSR count). The molecule has 0 fully saturated rings. The van der Waals surface area contributed by atoms with Gasteiger partial charge in [0.25, 0.3) is 11.6 Å². The van der Waals surface area contributed by atoms with Gasteiger partial charge in [0.2, 0.25) is 0 Å². The molecule has 0 radical (unpaired) electrons. The molecule has 0 heterocycles. The Labute approximate surface area is 126 Å². The molecule has 1 amide bonds. The van der Waals surface area contributed by atoms with E-state index in [1.807, 2.05) is 6.07 Å². The molecule has 0 unspecified atom stereocenters. The van der Waals surface area contributed by atoms with E-state index in [2.05, 4.69) is 10.5 Å². The summed E-state index contributed by atoms with van der Waals surface area (Å²) in [6, 6.07) is 12.5. The van der Waals surface area contributed by atoms with Crippen LogP contribution in [-0.2, 0) is 0 Å². The Bertz CT molecular complexity index is 756. The van der Waals surface area contributed by atoms with Crippen molar-refractivity contribution in [1.82, 2.24) is 5.43 Å². The summed E-state index contributed by atoms with van der Waals surface area (Å²) in [7, 11) is 0. The first-order valence-corrected chi connectivity index (χ1v) is 6.42. The number of hydrazone groups is 1. The monoisotopic (exact) mass is 298 g/mol. The number of nitrogen functional groups attached to an aromatic ring is 1. The van der Waals surface area contributed by atoms with Crippen LogP contribution in [0.2, 0.25) is 0 Å². The molecule has 7 heteroatoms. The van der Waals surface area contributed by atoms with E-state index in [1.54, 1.807) is 25.1 Å². The minimum atomic E-state index is -0.557. The number of nitrogens with zero attached hydrogens (tertiary/aromatic N) is 2. The normalized spacial score (nSPS) is 11.0. The van der Waals surface area contributed by atoms with Crippen LogP contribution in [0.1, 0.15) is 22.8 Å². The fourth-order valence-corrected chi connectivity index (χ4v) is 1.79. The zero-order valence-corrected chi connectivity index (χ0v) is 11.8. The summed E-state index contributed by atoms with van der Waals surface area (Å²) in [4.78, 5) is 22.1. The number of amides is 1. The Balaban J connectivity index is 2.13. The van der Waals surface area contributed by atoms with E-state index in [9.17, 15) is 14.9 Å². The summed E-state index contributed by atoms with van der Waals surface area (Å²) in [5, 5.41) is 14.7. The van der Waals surface area contributed by atoms with Crippen LogP contribution in [0.15, 0.2) is 53.6 Å². The molecule has 22 heavy (non-hydrogen) atoms. The number of carbonyl (C=O) groups excluding carboxylic acids is 1. The van der Waals surface area contributed by atoms with Crippen molar-refractivity contribution in [3.05, 3.63) is 69.8 Å². The molecule has 0 aromatic heterocycles. The third-order valence-corrected chi connectivity index (χ3v) is 2.95. The van der Waals surface area contributed by atoms with Gasteiger partial charge in [-0.05, 0) is 30.7 Å². The highest BCUT2D eigenvalue weighted by atomic mass is 16.6. The summed E-state index contributed by atoms with van der Waals surface area (Å²) in [5.41, 5.74) is 10.0. The molecule has 0 saturated heterocycles. The number of nitrogens with one attached hydrogen (secondary N) is 1. The van der Waals surface area contributed by atoms with Crippen LogP contribution in [0.5, 0.6) is 0 Å². The number of rotatable bonds is 4. The fourth-order valence-electron chi connectivity index (χ4n) is 1.79. The van der Waals surface area contributed by atoms with E-state index in [0.29, 0.717) is 11.4 Å². The number of anilines is 1. The van der Waals surface area contributed by atoms with Gasteiger partial charge in [0, 0.05) is 23.4 Å². The van der Waals surface area contributed by atoms with E-state index < -0.39 is 10.8 Å². The van der Waals surface area contributed by atoms with E-state index in [1.165, 1.54) is 24.3 Å². The molecular formula is C15H14N4O3. The topological polar surface area (TPSA) is 111 Å². The maximum Gasteiger partial charge on any atom is 0.271 e. The molecule has 112 valence electrons. The molecular weight excluding hydrogens is 284 g/mol. The Morgan fingerprint density at radius 2 is 1.86 bits per heavy atom. The molecule has 0 aliphatic carbocycles. The Hall–Kier alpha value is -3.22. The highest BCUT2D eigenvalue weighted by molar-refractivity contribution is 6.01. The van der Waals surface area contributed by atoms with Crippen molar-refractivity contribution in [2.75, 3.05) is 5.73 Å². The predicted octanol–water partition coefficient (Wildman–Crippen LogP) is 2.33. The molecule has 0 spiro atoms. The average Bonchev–Trinajstić information content (AvgIpc) is 2.52. The summed E-state index contributed by atoms with van der Waals surface area (Å²) >= 11 is 0. The molecule has 0 saturated carbocycles. The number of nitrogens with two attached hydrogens (primary N) is 1. The fraction of sp³-hybridized carbons (Fsp3) is 0.0667. The van der Waals surface area contributed by atoms with Gasteiger partial charge in [0.15, 0.2) is 0 Å². The quantitative estimate of drug-likeness (QED) is 0.390. The molecule has 2 aromatic rings. The molecule has 0 aliphatic heterocycles. The van der Waals surface area contributed by atoms with E-state index >= 15 is 0 Å². The van der Waals surface area contributed by atoms with Crippen molar-refractivity contribution in [2.45, 2.75) is 6.92 Å². The largest absolute Gasteiger partial charge is 0.399 e. The summed E-state index contributed by atoms with van der Waals surface area (Å²) in [6.07, 6.45) is 0. The first kappa shape index (κ1) is 15.2. The van der Waals surface area contributed by atoms with Gasteiger partial charge in [0.05, 0.1) is 10.6 Å². The predicted molar refractivity (Wildman–Crippen MR) is 83.6 cm³/mol. The lowest BCUT2D eigenvalue weighted by atomic mass is 10.1. The van der Waals surface area contributed by atoms with Gasteiger partial charge in [0.1, 0.15) is 0 Å². The Kier molecular flexibility index (Phi) is 4.47. The number of nitro benzene ring substituents is 1. The lowest BCUT2D eigenvalue weighted by Crippen LogP contribution is -2.19. The lowest BCUT2D eigenvalue weighted by Gasteiger charge is -2.04. The molecule has 0 aliphatic rings. The molecule has 0 bridgehead atoms. The summed E-state index contributed by atoms with van der Waals surface area (Å²) in [5.74, 6) is -0.521. The zero-order chi connectivity index (χ0) is 16.1. The van der Waals surface area contributed by atoms with Gasteiger partial charge in [-0.25, -0.2) is 5.43 Å². The minimum Gasteiger partial charge on any atom is -0.399 e. The lowest BCUT2D eigenvalue weighted by molar-refractivity contribution is -0.384. The SMILES string of the molecule is C/C(=N/NC(=O)c1cccc([N+](=O)[O-])c1)c1cccc(N)c1. The van der Waals surface area contributed by atoms with Crippen LogP contribution < -0.4 is 11.2 Å². The second-order valence-corrected chi connectivity index (χ2v) is 4.57. The average molecular weight is 298 g/mol. The second kappa shape index (κ2) is 6.49. The Morgan fingerprint density at radius 3 is 2.55 bits per heavy atom. The summed E-state index contributed by atoms with van der Waals surface area (Å²) < 4.78 is 0. The van der Waals surface area contributed by atoms with Crippen molar-refractivity contribution in [2.24, 2.45) is 5.10 Å². The Morgan fingerprint density at radius 1 is 1.18 bits per heavy atom. The first-order chi connectivity index (χ1) is 10.5. The second-order valence-electron chi connectivity index (χ2n) is 4.57. The standard InChI is InChI=1S/C15H14N4O3/c1-10(11-4-2-6-13(16)8-11)17-18-15(20)12-5-3-7-14(9-12)19(21)22/h2-9H,16H2,1H3,(H,18,20)/b17-10-. The van der Waals surface area contributed by atoms with Crippen LogP contribution in [0.4, 0.5) is 11.4 Å². The van der Waals surface area contributed by atoms with Crippen molar-refractivity contribution in [3.8, 4) is 0 Å². The van der Waals surface area contributed by atoms with E-state index in [-0.39, 0.29) is 11.3 Å². The number of nitro groups is 1. The number of hydrogen-bond acceptors (Lipinski definition) is 5. The molecule has 2 aromatic carbocycles. The third kappa shape index (κ3) is 3.66. The maximum atomic E-state index is 12.0. The smallest absolute Gasteiger partial charge is 0.271 e. The third-order valence-electron chi connectivity index (χ3n) is 2.95. The summed E-state index contributed by atoms with van der Waals surface area (Å²) in [6.45, 7) is 1.72. The number of non-ortho nitro benzene ring substituents is 1. The number of hydrogen-bond donors (Lipinski definition) is 2. The van der Waals surface area contributed by atoms with Crippen molar-refractivity contribution >= 4 is 23.0 Å². The van der Waals surface area contributed by atoms with E-state index in [4.69, 9.17) is 5.73 Å². The van der Waals surface area contributed by atoms with Gasteiger partial charge < -0.3 is 5.73 Å². The zero-order valence-electron chi connectivity index (χ0n) is 11.8. The van der Waals surface area contributed by atoms with E-state index in [0.717, 1.165) is 5.56 Å². The van der Waals surface area contributed by atoms with Crippen molar-refractivity contribution in [3.63, 3.8) is 0 Å². The first-order valence-electron chi connectivity index (χ1n) is 6.42. The highest BCUT2D eigenvalue weighted by Gasteiger charge is 2.11. The van der Waals surface area contributed by atoms with Crippen molar-refractivity contribution < 1.29 is 9.72 Å². The minimum absolute atomic E-state index is 0.149. The van der Waals surface area contributed by atoms with Crippen LogP contribution in [0.3, 0.4) is 0 Å². The van der Waals surface area contributed by atoms with Gasteiger partial charge in [-0.1, -0.05) is 18.2 Å². The molecule has 3 N–H and O–H groups in total. The van der Waals surface area contributed by atoms with Gasteiger partial charge in [-0.3, -0.25) is 14.9 Å². The van der Waals surface area contributed by atoms with Gasteiger partial charge in [-0.2, -0.15) is 5.10 Å². The van der Waals surface area contributed by atoms with Gasteiger partial charge >= 0.3 is 0 Å². The molecule has 0 atom stereocenters. The van der Waals surface area contributed by atoms with Crippen LogP contribution in [0, 0.1) is 10.1 Å². The van der Waals surface area contributed by atoms with Crippen LogP contribution >= 0.6 is 0 Å².